The lowest BCUT2D eigenvalue weighted by atomic mass is 10.2. The van der Waals surface area contributed by atoms with Gasteiger partial charge in [0, 0.05) is 64.1 Å². The molecule has 1 aromatic heterocycles. The molecule has 2 rings (SSSR count). The average Bonchev–Trinajstić information content (AvgIpc) is 2.69. The Morgan fingerprint density at radius 1 is 1.10 bits per heavy atom. The number of nitrogens with zero attached hydrogens (tertiary/aromatic N) is 5. The van der Waals surface area contributed by atoms with Gasteiger partial charge in [0.1, 0.15) is 5.82 Å². The number of hydrogen-bond donors (Lipinski definition) is 2. The first-order valence-electron chi connectivity index (χ1n) is 11.1. The predicted molar refractivity (Wildman–Crippen MR) is 124 cm³/mol. The van der Waals surface area contributed by atoms with E-state index in [1.54, 1.807) is 0 Å². The molecule has 1 aliphatic heterocycles. The van der Waals surface area contributed by atoms with Crippen LogP contribution in [0.1, 0.15) is 40.2 Å². The number of pyridine rings is 1. The highest BCUT2D eigenvalue weighted by Gasteiger charge is 2.15. The van der Waals surface area contributed by atoms with Crippen molar-refractivity contribution in [3.8, 4) is 0 Å². The van der Waals surface area contributed by atoms with Gasteiger partial charge in [-0.1, -0.05) is 6.07 Å². The maximum absolute atomic E-state index is 4.74. The van der Waals surface area contributed by atoms with E-state index in [2.05, 4.69) is 84.1 Å². The molecule has 0 saturated carbocycles. The van der Waals surface area contributed by atoms with E-state index >= 15 is 0 Å². The summed E-state index contributed by atoms with van der Waals surface area (Å²) in [6.45, 7) is 18.7. The van der Waals surface area contributed by atoms with Crippen LogP contribution in [-0.2, 0) is 6.54 Å². The van der Waals surface area contributed by atoms with Crippen molar-refractivity contribution in [2.24, 2.45) is 4.99 Å². The third-order valence-electron chi connectivity index (χ3n) is 5.39. The number of likely N-dealkylation sites (N-methyl/N-ethyl adjacent to an activating group) is 1. The van der Waals surface area contributed by atoms with Gasteiger partial charge in [0.05, 0.1) is 6.54 Å². The standard InChI is InChI=1S/C22H41N7/c1-7-23-22(24-10-11-29(18(2)3)19(4)5)26-17-20-8-9-21(25-16-20)28-14-12-27(6)13-15-28/h8-9,16,18-19H,7,10-15,17H2,1-6H3,(H2,23,24,26). The lowest BCUT2D eigenvalue weighted by Crippen LogP contribution is -2.45. The average molecular weight is 404 g/mol. The summed E-state index contributed by atoms with van der Waals surface area (Å²) < 4.78 is 0. The Morgan fingerprint density at radius 3 is 2.34 bits per heavy atom. The number of rotatable bonds is 9. The van der Waals surface area contributed by atoms with Gasteiger partial charge in [-0.15, -0.1) is 0 Å². The van der Waals surface area contributed by atoms with Crippen molar-refractivity contribution in [2.45, 2.75) is 53.2 Å². The fraction of sp³-hybridized carbons (Fsp3) is 0.727. The van der Waals surface area contributed by atoms with E-state index in [0.29, 0.717) is 18.6 Å². The van der Waals surface area contributed by atoms with Crippen LogP contribution in [0.25, 0.3) is 0 Å². The molecule has 1 aliphatic rings. The van der Waals surface area contributed by atoms with E-state index in [1.165, 1.54) is 0 Å². The van der Waals surface area contributed by atoms with Crippen molar-refractivity contribution in [2.75, 3.05) is 57.8 Å². The van der Waals surface area contributed by atoms with Gasteiger partial charge in [0.25, 0.3) is 0 Å². The van der Waals surface area contributed by atoms with E-state index in [4.69, 9.17) is 4.99 Å². The molecule has 7 heteroatoms. The molecule has 0 radical (unpaired) electrons. The Hall–Kier alpha value is -1.86. The summed E-state index contributed by atoms with van der Waals surface area (Å²) in [4.78, 5) is 16.6. The first-order chi connectivity index (χ1) is 13.9. The molecule has 0 spiro atoms. The molecule has 2 N–H and O–H groups in total. The summed E-state index contributed by atoms with van der Waals surface area (Å²) >= 11 is 0. The van der Waals surface area contributed by atoms with Crippen LogP contribution in [0.2, 0.25) is 0 Å². The van der Waals surface area contributed by atoms with Crippen LogP contribution in [0.15, 0.2) is 23.3 Å². The van der Waals surface area contributed by atoms with Gasteiger partial charge in [-0.3, -0.25) is 4.90 Å². The molecule has 7 nitrogen and oxygen atoms in total. The second kappa shape index (κ2) is 12.0. The first kappa shape index (κ1) is 23.4. The molecule has 2 heterocycles. The van der Waals surface area contributed by atoms with Gasteiger partial charge in [-0.25, -0.2) is 9.98 Å². The van der Waals surface area contributed by atoms with E-state index < -0.39 is 0 Å². The zero-order valence-corrected chi connectivity index (χ0v) is 19.3. The van der Waals surface area contributed by atoms with E-state index in [0.717, 1.165) is 63.2 Å². The van der Waals surface area contributed by atoms with E-state index in [9.17, 15) is 0 Å². The molecule has 29 heavy (non-hydrogen) atoms. The highest BCUT2D eigenvalue weighted by molar-refractivity contribution is 5.79. The number of aliphatic imine (C=N–C) groups is 1. The number of guanidine groups is 1. The van der Waals surface area contributed by atoms with Crippen molar-refractivity contribution in [3.63, 3.8) is 0 Å². The van der Waals surface area contributed by atoms with Crippen molar-refractivity contribution < 1.29 is 0 Å². The van der Waals surface area contributed by atoms with Gasteiger partial charge in [0.15, 0.2) is 5.96 Å². The quantitative estimate of drug-likeness (QED) is 0.486. The van der Waals surface area contributed by atoms with Crippen LogP contribution < -0.4 is 15.5 Å². The van der Waals surface area contributed by atoms with Crippen molar-refractivity contribution in [3.05, 3.63) is 23.9 Å². The first-order valence-corrected chi connectivity index (χ1v) is 11.1. The zero-order valence-electron chi connectivity index (χ0n) is 19.3. The zero-order chi connectivity index (χ0) is 21.2. The summed E-state index contributed by atoms with van der Waals surface area (Å²) in [6, 6.07) is 5.36. The van der Waals surface area contributed by atoms with Crippen molar-refractivity contribution in [1.82, 2.24) is 25.4 Å². The number of piperazine rings is 1. The molecule has 164 valence electrons. The van der Waals surface area contributed by atoms with Gasteiger partial charge in [-0.05, 0) is 53.3 Å². The van der Waals surface area contributed by atoms with Crippen LogP contribution >= 0.6 is 0 Å². The molecule has 1 aromatic rings. The monoisotopic (exact) mass is 403 g/mol. The summed E-state index contributed by atoms with van der Waals surface area (Å²) in [5, 5.41) is 6.80. The highest BCUT2D eigenvalue weighted by atomic mass is 15.3. The fourth-order valence-electron chi connectivity index (χ4n) is 3.66. The number of anilines is 1. The Morgan fingerprint density at radius 2 is 1.79 bits per heavy atom. The van der Waals surface area contributed by atoms with Crippen LogP contribution in [-0.4, -0.2) is 85.7 Å². The van der Waals surface area contributed by atoms with Crippen molar-refractivity contribution in [1.29, 1.82) is 0 Å². The van der Waals surface area contributed by atoms with Gasteiger partial charge in [-0.2, -0.15) is 0 Å². The molecular weight excluding hydrogens is 362 g/mol. The Balaban J connectivity index is 1.87. The minimum absolute atomic E-state index is 0.543. The molecule has 1 fully saturated rings. The molecule has 1 saturated heterocycles. The summed E-state index contributed by atoms with van der Waals surface area (Å²) in [6.07, 6.45) is 1.96. The molecular formula is C22H41N7. The largest absolute Gasteiger partial charge is 0.357 e. The number of nitrogens with one attached hydrogen (secondary N) is 2. The second-order valence-electron chi connectivity index (χ2n) is 8.36. The van der Waals surface area contributed by atoms with Crippen LogP contribution in [0.5, 0.6) is 0 Å². The third-order valence-corrected chi connectivity index (χ3v) is 5.39. The lowest BCUT2D eigenvalue weighted by Gasteiger charge is -2.33. The predicted octanol–water partition coefficient (Wildman–Crippen LogP) is 2.01. The highest BCUT2D eigenvalue weighted by Crippen LogP contribution is 2.14. The summed E-state index contributed by atoms with van der Waals surface area (Å²) in [7, 11) is 2.17. The fourth-order valence-corrected chi connectivity index (χ4v) is 3.66. The SMILES string of the molecule is CCNC(=NCc1ccc(N2CCN(C)CC2)nc1)NCCN(C(C)C)C(C)C. The minimum Gasteiger partial charge on any atom is -0.357 e. The third kappa shape index (κ3) is 7.82. The van der Waals surface area contributed by atoms with Crippen LogP contribution in [0, 0.1) is 0 Å². The maximum Gasteiger partial charge on any atom is 0.191 e. The van der Waals surface area contributed by atoms with E-state index in [1.807, 2.05) is 6.20 Å². The Kier molecular flexibility index (Phi) is 9.67. The molecule has 0 aromatic carbocycles. The summed E-state index contributed by atoms with van der Waals surface area (Å²) in [5.41, 5.74) is 1.13. The molecule has 0 bridgehead atoms. The van der Waals surface area contributed by atoms with Gasteiger partial charge >= 0.3 is 0 Å². The lowest BCUT2D eigenvalue weighted by molar-refractivity contribution is 0.178. The van der Waals surface area contributed by atoms with E-state index in [-0.39, 0.29) is 0 Å². The number of hydrogen-bond acceptors (Lipinski definition) is 5. The molecule has 0 amide bonds. The topological polar surface area (TPSA) is 59.0 Å². The summed E-state index contributed by atoms with van der Waals surface area (Å²) in [5.74, 6) is 1.93. The molecule has 0 aliphatic carbocycles. The molecule has 0 atom stereocenters. The van der Waals surface area contributed by atoms with Crippen LogP contribution in [0.4, 0.5) is 5.82 Å². The maximum atomic E-state index is 4.74. The molecule has 0 unspecified atom stereocenters. The Labute approximate surface area is 177 Å². The smallest absolute Gasteiger partial charge is 0.191 e. The number of aromatic nitrogens is 1. The normalized spacial score (nSPS) is 16.2. The minimum atomic E-state index is 0.543. The second-order valence-corrected chi connectivity index (χ2v) is 8.36. The van der Waals surface area contributed by atoms with Crippen molar-refractivity contribution >= 4 is 11.8 Å². The Bertz CT molecular complexity index is 596. The van der Waals surface area contributed by atoms with Crippen LogP contribution in [0.3, 0.4) is 0 Å². The van der Waals surface area contributed by atoms with Gasteiger partial charge in [0.2, 0.25) is 0 Å². The van der Waals surface area contributed by atoms with Gasteiger partial charge < -0.3 is 20.4 Å².